The van der Waals surface area contributed by atoms with Gasteiger partial charge in [-0.05, 0) is 17.7 Å². The highest BCUT2D eigenvalue weighted by Crippen LogP contribution is 2.33. The minimum Gasteiger partial charge on any atom is -0.465 e. The number of carbonyl (C=O) groups excluding carboxylic acids is 2. The molecule has 1 unspecified atom stereocenters. The fourth-order valence-corrected chi connectivity index (χ4v) is 5.27. The Labute approximate surface area is 216 Å². The van der Waals surface area contributed by atoms with Crippen LogP contribution in [0.1, 0.15) is 16.1 Å². The van der Waals surface area contributed by atoms with Crippen molar-refractivity contribution >= 4 is 42.1 Å². The van der Waals surface area contributed by atoms with Crippen LogP contribution >= 0.6 is 18.9 Å². The lowest BCUT2D eigenvalue weighted by Crippen LogP contribution is -2.56. The van der Waals surface area contributed by atoms with Crippen molar-refractivity contribution in [3.05, 3.63) is 71.2 Å². The molecule has 37 heavy (non-hydrogen) atoms. The molecule has 1 aliphatic heterocycles. The van der Waals surface area contributed by atoms with Gasteiger partial charge in [0.15, 0.2) is 0 Å². The quantitative estimate of drug-likeness (QED) is 0.328. The molecule has 13 heteroatoms. The molecule has 1 aliphatic rings. The molecule has 2 heterocycles. The molecule has 2 aromatic carbocycles. The molecule has 0 radical (unpaired) electrons. The van der Waals surface area contributed by atoms with E-state index in [1.165, 1.54) is 45.4 Å². The molecule has 0 bridgehead atoms. The number of piperazine rings is 1. The maximum absolute atomic E-state index is 13.4. The Morgan fingerprint density at radius 3 is 2.19 bits per heavy atom. The second-order valence-corrected chi connectivity index (χ2v) is 10.9. The van der Waals surface area contributed by atoms with Gasteiger partial charge < -0.3 is 30.0 Å². The Balaban J connectivity index is 1.52. The molecule has 0 aliphatic carbocycles. The van der Waals surface area contributed by atoms with Crippen LogP contribution in [-0.4, -0.2) is 79.8 Å². The van der Waals surface area contributed by atoms with E-state index in [2.05, 4.69) is 10.3 Å². The van der Waals surface area contributed by atoms with E-state index in [0.29, 0.717) is 10.6 Å². The summed E-state index contributed by atoms with van der Waals surface area (Å²) in [6, 6.07) is 14.0. The number of rotatable bonds is 7. The van der Waals surface area contributed by atoms with Crippen LogP contribution in [0.4, 0.5) is 4.79 Å². The maximum Gasteiger partial charge on any atom is 0.407 e. The largest absolute Gasteiger partial charge is 0.465 e. The average molecular weight is 545 g/mol. The Bertz CT molecular complexity index is 1320. The van der Waals surface area contributed by atoms with Gasteiger partial charge in [-0.25, -0.2) is 9.78 Å². The fraction of sp³-hybridized carbons (Fsp3) is 0.250. The SMILES string of the molecule is O=C(NC(Cc1ccc(P(=O)(O)O)cc1)C(=O)N1CCN(C(=O)O)CC1)c1csc(-c2ccccc2)n1. The molecular formula is C24H25N4O7PS. The standard InChI is InChI=1S/C24H25N4O7PS/c29-21(20-15-37-22(26-20)17-4-2-1-3-5-17)25-19(14-16-6-8-18(9-7-16)36(33,34)35)23(30)27-10-12-28(13-11-27)24(31)32/h1-9,15,19H,10-14H2,(H,25,29)(H,31,32)(H2,33,34,35). The number of aromatic nitrogens is 1. The van der Waals surface area contributed by atoms with E-state index in [9.17, 15) is 33.8 Å². The van der Waals surface area contributed by atoms with E-state index < -0.39 is 25.6 Å². The topological polar surface area (TPSA) is 160 Å². The number of nitrogens with one attached hydrogen (secondary N) is 1. The second kappa shape index (κ2) is 11.2. The summed E-state index contributed by atoms with van der Waals surface area (Å²) in [7, 11) is -4.42. The van der Waals surface area contributed by atoms with Gasteiger partial charge in [-0.15, -0.1) is 11.3 Å². The van der Waals surface area contributed by atoms with Crippen molar-refractivity contribution in [3.8, 4) is 10.6 Å². The normalized spacial score (nSPS) is 14.8. The molecule has 1 fully saturated rings. The van der Waals surface area contributed by atoms with E-state index in [1.54, 1.807) is 5.38 Å². The molecular weight excluding hydrogens is 519 g/mol. The molecule has 11 nitrogen and oxygen atoms in total. The number of nitrogens with zero attached hydrogens (tertiary/aromatic N) is 3. The zero-order chi connectivity index (χ0) is 26.6. The van der Waals surface area contributed by atoms with Crippen molar-refractivity contribution in [2.24, 2.45) is 0 Å². The molecule has 3 aromatic rings. The summed E-state index contributed by atoms with van der Waals surface area (Å²) in [6.07, 6.45) is -0.985. The van der Waals surface area contributed by atoms with Crippen molar-refractivity contribution in [3.63, 3.8) is 0 Å². The monoisotopic (exact) mass is 544 g/mol. The third-order valence-corrected chi connectivity index (χ3v) is 7.80. The van der Waals surface area contributed by atoms with E-state index in [4.69, 9.17) is 0 Å². The third-order valence-electron chi connectivity index (χ3n) is 5.94. The minimum atomic E-state index is -4.42. The first-order chi connectivity index (χ1) is 17.6. The molecule has 0 spiro atoms. The minimum absolute atomic E-state index is 0.0703. The van der Waals surface area contributed by atoms with Gasteiger partial charge in [0.25, 0.3) is 5.91 Å². The van der Waals surface area contributed by atoms with Crippen molar-refractivity contribution in [2.75, 3.05) is 26.2 Å². The Hall–Kier alpha value is -3.57. The molecule has 3 amide bonds. The number of amides is 3. The van der Waals surface area contributed by atoms with Crippen LogP contribution in [0.15, 0.2) is 60.0 Å². The number of hydrogen-bond donors (Lipinski definition) is 4. The maximum atomic E-state index is 13.4. The first-order valence-electron chi connectivity index (χ1n) is 11.4. The zero-order valence-electron chi connectivity index (χ0n) is 19.6. The van der Waals surface area contributed by atoms with E-state index in [1.807, 2.05) is 30.3 Å². The highest BCUT2D eigenvalue weighted by molar-refractivity contribution is 7.60. The Morgan fingerprint density at radius 1 is 0.973 bits per heavy atom. The first-order valence-corrected chi connectivity index (χ1v) is 13.8. The van der Waals surface area contributed by atoms with Crippen LogP contribution in [0, 0.1) is 0 Å². The molecule has 0 saturated carbocycles. The summed E-state index contributed by atoms with van der Waals surface area (Å²) in [5, 5.41) is 14.1. The van der Waals surface area contributed by atoms with Crippen LogP contribution in [0.3, 0.4) is 0 Å². The molecule has 194 valence electrons. The Morgan fingerprint density at radius 2 is 1.59 bits per heavy atom. The van der Waals surface area contributed by atoms with Gasteiger partial charge in [-0.3, -0.25) is 14.2 Å². The van der Waals surface area contributed by atoms with Crippen LogP contribution in [0.2, 0.25) is 0 Å². The first kappa shape index (κ1) is 26.5. The van der Waals surface area contributed by atoms with Crippen LogP contribution in [-0.2, 0) is 15.8 Å². The summed E-state index contributed by atoms with van der Waals surface area (Å²) in [5.41, 5.74) is 1.61. The molecule has 1 aromatic heterocycles. The van der Waals surface area contributed by atoms with Crippen molar-refractivity contribution in [1.29, 1.82) is 0 Å². The van der Waals surface area contributed by atoms with Gasteiger partial charge in [0.1, 0.15) is 16.7 Å². The van der Waals surface area contributed by atoms with Crippen molar-refractivity contribution in [1.82, 2.24) is 20.1 Å². The van der Waals surface area contributed by atoms with Crippen molar-refractivity contribution in [2.45, 2.75) is 12.5 Å². The van der Waals surface area contributed by atoms with Gasteiger partial charge in [0.05, 0.1) is 5.30 Å². The Kier molecular flexibility index (Phi) is 8.03. The van der Waals surface area contributed by atoms with Crippen LogP contribution < -0.4 is 10.6 Å². The predicted molar refractivity (Wildman–Crippen MR) is 137 cm³/mol. The summed E-state index contributed by atoms with van der Waals surface area (Å²) < 4.78 is 11.5. The number of carbonyl (C=O) groups is 3. The number of thiazole rings is 1. The fourth-order valence-electron chi connectivity index (χ4n) is 3.92. The van der Waals surface area contributed by atoms with Crippen LogP contribution in [0.5, 0.6) is 0 Å². The van der Waals surface area contributed by atoms with Gasteiger partial charge >= 0.3 is 13.7 Å². The van der Waals surface area contributed by atoms with Gasteiger partial charge in [-0.1, -0.05) is 42.5 Å². The van der Waals surface area contributed by atoms with Gasteiger partial charge in [0.2, 0.25) is 5.91 Å². The second-order valence-electron chi connectivity index (χ2n) is 8.44. The highest BCUT2D eigenvalue weighted by Gasteiger charge is 2.31. The van der Waals surface area contributed by atoms with E-state index in [-0.39, 0.29) is 49.5 Å². The van der Waals surface area contributed by atoms with E-state index in [0.717, 1.165) is 5.56 Å². The summed E-state index contributed by atoms with van der Waals surface area (Å²) >= 11 is 1.30. The lowest BCUT2D eigenvalue weighted by Gasteiger charge is -2.35. The molecule has 4 N–H and O–H groups in total. The van der Waals surface area contributed by atoms with Gasteiger partial charge in [-0.2, -0.15) is 0 Å². The smallest absolute Gasteiger partial charge is 0.407 e. The lowest BCUT2D eigenvalue weighted by molar-refractivity contribution is -0.134. The highest BCUT2D eigenvalue weighted by atomic mass is 32.1. The van der Waals surface area contributed by atoms with Crippen molar-refractivity contribution < 1.29 is 33.8 Å². The predicted octanol–water partition coefficient (Wildman–Crippen LogP) is 1.78. The lowest BCUT2D eigenvalue weighted by atomic mass is 10.0. The summed E-state index contributed by atoms with van der Waals surface area (Å²) in [5.74, 6) is -0.913. The number of hydrogen-bond acceptors (Lipinski definition) is 6. The number of carboxylic acid groups (broad SMARTS) is 1. The zero-order valence-corrected chi connectivity index (χ0v) is 21.3. The van der Waals surface area contributed by atoms with Crippen LogP contribution in [0.25, 0.3) is 10.6 Å². The molecule has 1 atom stereocenters. The number of benzene rings is 2. The average Bonchev–Trinajstić information content (AvgIpc) is 3.39. The summed E-state index contributed by atoms with van der Waals surface area (Å²) in [4.78, 5) is 63.5. The summed E-state index contributed by atoms with van der Waals surface area (Å²) in [6.45, 7) is 0.684. The molecule has 1 saturated heterocycles. The molecule has 4 rings (SSSR count). The van der Waals surface area contributed by atoms with Gasteiger partial charge in [0, 0.05) is 43.5 Å². The van der Waals surface area contributed by atoms with E-state index >= 15 is 0 Å². The third kappa shape index (κ3) is 6.60.